The molecule has 0 bridgehead atoms. The summed E-state index contributed by atoms with van der Waals surface area (Å²) in [5, 5.41) is 8.95. The number of rotatable bonds is 7. The Hall–Kier alpha value is -2.91. The molecule has 0 aliphatic rings. The fourth-order valence-corrected chi connectivity index (χ4v) is 4.51. The van der Waals surface area contributed by atoms with Crippen LogP contribution in [0.1, 0.15) is 23.0 Å². The van der Waals surface area contributed by atoms with Gasteiger partial charge in [0.1, 0.15) is 10.8 Å². The average Bonchev–Trinajstić information content (AvgIpc) is 3.36. The van der Waals surface area contributed by atoms with Gasteiger partial charge >= 0.3 is 5.97 Å². The van der Waals surface area contributed by atoms with Crippen molar-refractivity contribution in [1.82, 2.24) is 20.0 Å². The Bertz CT molecular complexity index is 1140. The Kier molecular flexibility index (Phi) is 5.77. The van der Waals surface area contributed by atoms with Gasteiger partial charge in [-0.1, -0.05) is 29.1 Å². The van der Waals surface area contributed by atoms with Crippen LogP contribution in [0, 0.1) is 0 Å². The lowest BCUT2D eigenvalue weighted by Gasteiger charge is -2.09. The van der Waals surface area contributed by atoms with Gasteiger partial charge in [0.15, 0.2) is 0 Å². The molecule has 0 saturated carbocycles. The first-order valence-electron chi connectivity index (χ1n) is 8.92. The monoisotopic (exact) mass is 426 g/mol. The van der Waals surface area contributed by atoms with E-state index < -0.39 is 5.97 Å². The zero-order valence-electron chi connectivity index (χ0n) is 15.9. The Morgan fingerprint density at radius 1 is 1.21 bits per heavy atom. The normalized spacial score (nSPS) is 11.0. The molecular weight excluding hydrogens is 408 g/mol. The molecule has 0 unspecified atom stereocenters. The Balaban J connectivity index is 1.67. The van der Waals surface area contributed by atoms with Gasteiger partial charge in [-0.05, 0) is 42.8 Å². The number of methoxy groups -OCH3 is 1. The highest BCUT2D eigenvalue weighted by molar-refractivity contribution is 7.99. The molecule has 0 radical (unpaired) electrons. The zero-order chi connectivity index (χ0) is 20.2. The summed E-state index contributed by atoms with van der Waals surface area (Å²) in [5.74, 6) is 0.307. The van der Waals surface area contributed by atoms with Crippen LogP contribution in [-0.4, -0.2) is 39.7 Å². The molecule has 4 rings (SSSR count). The minimum absolute atomic E-state index is 0.217. The number of carbonyl (C=O) groups excluding carboxylic acids is 1. The molecule has 4 aromatic rings. The van der Waals surface area contributed by atoms with Crippen molar-refractivity contribution in [3.8, 4) is 5.75 Å². The number of fused-ring (bicyclic) bond motifs is 1. The van der Waals surface area contributed by atoms with Crippen LogP contribution in [0.2, 0.25) is 0 Å². The lowest BCUT2D eigenvalue weighted by Crippen LogP contribution is -2.08. The lowest BCUT2D eigenvalue weighted by molar-refractivity contribution is 0.0515. The second-order valence-corrected chi connectivity index (χ2v) is 8.00. The van der Waals surface area contributed by atoms with Gasteiger partial charge in [0, 0.05) is 4.90 Å². The predicted molar refractivity (Wildman–Crippen MR) is 112 cm³/mol. The first kappa shape index (κ1) is 19.4. The molecule has 2 aromatic carbocycles. The van der Waals surface area contributed by atoms with Gasteiger partial charge in [-0.3, -0.25) is 0 Å². The molecule has 148 valence electrons. The molecule has 0 N–H and O–H groups in total. The third-order valence-electron chi connectivity index (χ3n) is 4.17. The van der Waals surface area contributed by atoms with E-state index in [-0.39, 0.29) is 12.3 Å². The van der Waals surface area contributed by atoms with Crippen molar-refractivity contribution in [3.05, 3.63) is 59.2 Å². The van der Waals surface area contributed by atoms with Gasteiger partial charge < -0.3 is 9.47 Å². The molecule has 0 amide bonds. The maximum absolute atomic E-state index is 12.4. The summed E-state index contributed by atoms with van der Waals surface area (Å²) in [7, 11) is 1.63. The second kappa shape index (κ2) is 8.62. The van der Waals surface area contributed by atoms with Gasteiger partial charge in [0.05, 0.1) is 36.0 Å². The first-order chi connectivity index (χ1) is 14.2. The van der Waals surface area contributed by atoms with Gasteiger partial charge in [-0.25, -0.2) is 14.5 Å². The number of hydrogen-bond acceptors (Lipinski definition) is 8. The molecule has 0 atom stereocenters. The van der Waals surface area contributed by atoms with E-state index in [1.165, 1.54) is 11.8 Å². The SMILES string of the molecule is CCOC(=O)c1nnn(Cc2ccc(OC)cc2)c1Sc1ccc2ncsc2c1. The average molecular weight is 427 g/mol. The number of hydrogen-bond donors (Lipinski definition) is 0. The summed E-state index contributed by atoms with van der Waals surface area (Å²) in [6.07, 6.45) is 0. The van der Waals surface area contributed by atoms with Crippen LogP contribution in [-0.2, 0) is 11.3 Å². The van der Waals surface area contributed by atoms with Crippen LogP contribution >= 0.6 is 23.1 Å². The third kappa shape index (κ3) is 4.25. The number of aromatic nitrogens is 4. The van der Waals surface area contributed by atoms with Crippen molar-refractivity contribution in [2.75, 3.05) is 13.7 Å². The molecule has 9 heteroatoms. The standard InChI is InChI=1S/C20H18N4O3S2/c1-3-27-20(25)18-19(29-15-8-9-16-17(10-15)28-12-21-16)24(23-22-18)11-13-4-6-14(26-2)7-5-13/h4-10,12H,3,11H2,1-2H3. The highest BCUT2D eigenvalue weighted by Crippen LogP contribution is 2.33. The number of nitrogens with zero attached hydrogens (tertiary/aromatic N) is 4. The van der Waals surface area contributed by atoms with Crippen LogP contribution in [0.3, 0.4) is 0 Å². The molecule has 0 fully saturated rings. The second-order valence-electron chi connectivity index (χ2n) is 6.05. The molecule has 0 spiro atoms. The Morgan fingerprint density at radius 2 is 2.03 bits per heavy atom. The lowest BCUT2D eigenvalue weighted by atomic mass is 10.2. The van der Waals surface area contributed by atoms with Crippen molar-refractivity contribution in [3.63, 3.8) is 0 Å². The number of ether oxygens (including phenoxy) is 2. The third-order valence-corrected chi connectivity index (χ3v) is 6.05. The van der Waals surface area contributed by atoms with Crippen LogP contribution in [0.15, 0.2) is 57.9 Å². The maximum atomic E-state index is 12.4. The van der Waals surface area contributed by atoms with E-state index >= 15 is 0 Å². The smallest absolute Gasteiger partial charge is 0.361 e. The Labute approximate surface area is 175 Å². The number of benzene rings is 2. The summed E-state index contributed by atoms with van der Waals surface area (Å²) in [6.45, 7) is 2.52. The van der Waals surface area contributed by atoms with Crippen LogP contribution in [0.25, 0.3) is 10.2 Å². The van der Waals surface area contributed by atoms with Crippen LogP contribution in [0.4, 0.5) is 0 Å². The van der Waals surface area contributed by atoms with Crippen molar-refractivity contribution < 1.29 is 14.3 Å². The predicted octanol–water partition coefficient (Wildman–Crippen LogP) is 4.27. The number of carbonyl (C=O) groups is 1. The quantitative estimate of drug-likeness (QED) is 0.408. The molecule has 0 aliphatic carbocycles. The van der Waals surface area contributed by atoms with Crippen molar-refractivity contribution in [2.45, 2.75) is 23.4 Å². The minimum atomic E-state index is -0.477. The van der Waals surface area contributed by atoms with Crippen molar-refractivity contribution in [2.24, 2.45) is 0 Å². The molecule has 7 nitrogen and oxygen atoms in total. The van der Waals surface area contributed by atoms with E-state index in [1.807, 2.05) is 41.9 Å². The van der Waals surface area contributed by atoms with E-state index in [9.17, 15) is 4.79 Å². The van der Waals surface area contributed by atoms with E-state index in [0.717, 1.165) is 26.4 Å². The summed E-state index contributed by atoms with van der Waals surface area (Å²) >= 11 is 3.02. The van der Waals surface area contributed by atoms with Crippen molar-refractivity contribution >= 4 is 39.3 Å². The van der Waals surface area contributed by atoms with Gasteiger partial charge in [-0.2, -0.15) is 0 Å². The fraction of sp³-hybridized carbons (Fsp3) is 0.200. The zero-order valence-corrected chi connectivity index (χ0v) is 17.5. The Morgan fingerprint density at radius 3 is 2.79 bits per heavy atom. The number of esters is 1. The fourth-order valence-electron chi connectivity index (χ4n) is 2.75. The largest absolute Gasteiger partial charge is 0.497 e. The summed E-state index contributed by atoms with van der Waals surface area (Å²) in [5.41, 5.74) is 4.01. The topological polar surface area (TPSA) is 79.1 Å². The van der Waals surface area contributed by atoms with Gasteiger partial charge in [0.25, 0.3) is 0 Å². The molecule has 29 heavy (non-hydrogen) atoms. The van der Waals surface area contributed by atoms with Gasteiger partial charge in [0.2, 0.25) is 5.69 Å². The molecule has 2 heterocycles. The highest BCUT2D eigenvalue weighted by Gasteiger charge is 2.22. The summed E-state index contributed by atoms with van der Waals surface area (Å²) < 4.78 is 13.2. The minimum Gasteiger partial charge on any atom is -0.497 e. The maximum Gasteiger partial charge on any atom is 0.361 e. The van der Waals surface area contributed by atoms with Gasteiger partial charge in [-0.15, -0.1) is 16.4 Å². The molecule has 0 aliphatic heterocycles. The summed E-state index contributed by atoms with van der Waals surface area (Å²) in [4.78, 5) is 17.7. The molecule has 0 saturated heterocycles. The molecular formula is C20H18N4O3S2. The van der Waals surface area contributed by atoms with E-state index in [1.54, 1.807) is 30.1 Å². The van der Waals surface area contributed by atoms with E-state index in [0.29, 0.717) is 11.6 Å². The van der Waals surface area contributed by atoms with E-state index in [4.69, 9.17) is 9.47 Å². The van der Waals surface area contributed by atoms with Crippen molar-refractivity contribution in [1.29, 1.82) is 0 Å². The highest BCUT2D eigenvalue weighted by atomic mass is 32.2. The van der Waals surface area contributed by atoms with Crippen LogP contribution < -0.4 is 4.74 Å². The number of thiazole rings is 1. The molecule has 2 aromatic heterocycles. The van der Waals surface area contributed by atoms with E-state index in [2.05, 4.69) is 21.4 Å². The van der Waals surface area contributed by atoms with Crippen LogP contribution in [0.5, 0.6) is 5.75 Å². The first-order valence-corrected chi connectivity index (χ1v) is 10.6. The summed E-state index contributed by atoms with van der Waals surface area (Å²) in [6, 6.07) is 13.7.